The lowest BCUT2D eigenvalue weighted by molar-refractivity contribution is 1.28. The van der Waals surface area contributed by atoms with E-state index in [9.17, 15) is 0 Å². The molecule has 0 bridgehead atoms. The molecular weight excluding hydrogens is 735 g/mol. The molecule has 61 heavy (non-hydrogen) atoms. The molecule has 11 aromatic carbocycles. The average molecular weight is 776 g/mol. The van der Waals surface area contributed by atoms with Crippen LogP contribution in [0.15, 0.2) is 249 Å². The smallest absolute Gasteiger partial charge is 0.0462 e. The first kappa shape index (κ1) is 36.1. The minimum absolute atomic E-state index is 1.10. The van der Waals surface area contributed by atoms with Gasteiger partial charge in [0.15, 0.2) is 0 Å². The molecule has 0 unspecified atom stereocenters. The van der Waals surface area contributed by atoms with Crippen LogP contribution in [-0.4, -0.2) is 0 Å². The summed E-state index contributed by atoms with van der Waals surface area (Å²) in [6.07, 6.45) is 0. The van der Waals surface area contributed by atoms with E-state index in [4.69, 9.17) is 0 Å². The number of hydrogen-bond donors (Lipinski definition) is 0. The highest BCUT2D eigenvalue weighted by atomic mass is 15.1. The van der Waals surface area contributed by atoms with Crippen molar-refractivity contribution in [2.24, 2.45) is 0 Å². The second-order valence-electron chi connectivity index (χ2n) is 15.7. The van der Waals surface area contributed by atoms with Gasteiger partial charge in [0.25, 0.3) is 0 Å². The minimum Gasteiger partial charge on any atom is -0.311 e. The van der Waals surface area contributed by atoms with Gasteiger partial charge >= 0.3 is 0 Å². The SMILES string of the molecule is c1ccc(-c2cc(-c3ccc(N(c4ccccc4)c4ccc(-c5ccc(-c6cc7ccccc7c7ccccc67)cc5)cc4)cc3)ccc2-c2ccc3ccccc3c2)cc1. The number of fused-ring (bicyclic) bond motifs is 4. The van der Waals surface area contributed by atoms with Crippen LogP contribution >= 0.6 is 0 Å². The molecule has 0 aliphatic heterocycles. The van der Waals surface area contributed by atoms with Crippen molar-refractivity contribution in [1.29, 1.82) is 0 Å². The van der Waals surface area contributed by atoms with Gasteiger partial charge in [-0.3, -0.25) is 0 Å². The molecular formula is C60H41N. The van der Waals surface area contributed by atoms with Crippen molar-refractivity contribution in [1.82, 2.24) is 0 Å². The molecule has 1 nitrogen and oxygen atoms in total. The van der Waals surface area contributed by atoms with Crippen LogP contribution in [0.1, 0.15) is 0 Å². The lowest BCUT2D eigenvalue weighted by atomic mass is 9.90. The Balaban J connectivity index is 0.902. The molecule has 0 N–H and O–H groups in total. The quantitative estimate of drug-likeness (QED) is 0.139. The Morgan fingerprint density at radius 2 is 0.656 bits per heavy atom. The van der Waals surface area contributed by atoms with Gasteiger partial charge in [-0.1, -0.05) is 194 Å². The van der Waals surface area contributed by atoms with Crippen LogP contribution in [0.5, 0.6) is 0 Å². The van der Waals surface area contributed by atoms with E-state index in [1.54, 1.807) is 0 Å². The summed E-state index contributed by atoms with van der Waals surface area (Å²) in [5, 5.41) is 7.62. The summed E-state index contributed by atoms with van der Waals surface area (Å²) in [4.78, 5) is 2.33. The highest BCUT2D eigenvalue weighted by Crippen LogP contribution is 2.41. The van der Waals surface area contributed by atoms with E-state index >= 15 is 0 Å². The Kier molecular flexibility index (Phi) is 9.26. The molecule has 11 rings (SSSR count). The summed E-state index contributed by atoms with van der Waals surface area (Å²) < 4.78 is 0. The second kappa shape index (κ2) is 15.6. The fourth-order valence-electron chi connectivity index (χ4n) is 8.95. The Labute approximate surface area is 357 Å². The van der Waals surface area contributed by atoms with Crippen molar-refractivity contribution in [2.75, 3.05) is 4.90 Å². The molecule has 11 aromatic rings. The zero-order chi connectivity index (χ0) is 40.5. The van der Waals surface area contributed by atoms with Crippen LogP contribution in [-0.2, 0) is 0 Å². The van der Waals surface area contributed by atoms with E-state index in [0.717, 1.165) is 17.1 Å². The van der Waals surface area contributed by atoms with E-state index < -0.39 is 0 Å². The van der Waals surface area contributed by atoms with Crippen molar-refractivity contribution < 1.29 is 0 Å². The van der Waals surface area contributed by atoms with Gasteiger partial charge in [0.1, 0.15) is 0 Å². The lowest BCUT2D eigenvalue weighted by Crippen LogP contribution is -2.09. The van der Waals surface area contributed by atoms with Crippen LogP contribution in [0.25, 0.3) is 88.0 Å². The number of anilines is 3. The number of nitrogens with zero attached hydrogens (tertiary/aromatic N) is 1. The van der Waals surface area contributed by atoms with E-state index in [0.29, 0.717) is 0 Å². The van der Waals surface area contributed by atoms with Crippen molar-refractivity contribution in [2.45, 2.75) is 0 Å². The second-order valence-corrected chi connectivity index (χ2v) is 15.7. The van der Waals surface area contributed by atoms with Crippen LogP contribution < -0.4 is 4.90 Å². The molecule has 0 heterocycles. The topological polar surface area (TPSA) is 3.24 Å². The summed E-state index contributed by atoms with van der Waals surface area (Å²) >= 11 is 0. The molecule has 0 radical (unpaired) electrons. The first-order valence-electron chi connectivity index (χ1n) is 21.0. The minimum atomic E-state index is 1.10. The average Bonchev–Trinajstić information content (AvgIpc) is 3.34. The van der Waals surface area contributed by atoms with Crippen LogP contribution in [0, 0.1) is 0 Å². The van der Waals surface area contributed by atoms with Crippen LogP contribution in [0.2, 0.25) is 0 Å². The first-order valence-corrected chi connectivity index (χ1v) is 21.0. The fourth-order valence-corrected chi connectivity index (χ4v) is 8.95. The summed E-state index contributed by atoms with van der Waals surface area (Å²) in [6.45, 7) is 0. The molecule has 0 saturated heterocycles. The van der Waals surface area contributed by atoms with Crippen molar-refractivity contribution in [3.8, 4) is 55.6 Å². The van der Waals surface area contributed by atoms with E-state index in [2.05, 4.69) is 254 Å². The molecule has 0 spiro atoms. The van der Waals surface area contributed by atoms with Gasteiger partial charge in [0, 0.05) is 17.1 Å². The van der Waals surface area contributed by atoms with Crippen molar-refractivity contribution >= 4 is 49.4 Å². The normalized spacial score (nSPS) is 11.3. The Morgan fingerprint density at radius 3 is 1.34 bits per heavy atom. The van der Waals surface area contributed by atoms with Gasteiger partial charge in [-0.05, 0) is 143 Å². The van der Waals surface area contributed by atoms with E-state index in [-0.39, 0.29) is 0 Å². The number of hydrogen-bond acceptors (Lipinski definition) is 1. The van der Waals surface area contributed by atoms with Gasteiger partial charge in [-0.2, -0.15) is 0 Å². The number of benzene rings is 11. The largest absolute Gasteiger partial charge is 0.311 e. The molecule has 0 saturated carbocycles. The molecule has 0 aromatic heterocycles. The van der Waals surface area contributed by atoms with E-state index in [1.165, 1.54) is 88.0 Å². The van der Waals surface area contributed by atoms with Crippen LogP contribution in [0.3, 0.4) is 0 Å². The highest BCUT2D eigenvalue weighted by Gasteiger charge is 2.15. The summed E-state index contributed by atoms with van der Waals surface area (Å²) in [7, 11) is 0. The monoisotopic (exact) mass is 775 g/mol. The predicted octanol–water partition coefficient (Wildman–Crippen LogP) is 17.0. The summed E-state index contributed by atoms with van der Waals surface area (Å²) in [5.74, 6) is 0. The standard InChI is InChI=1S/C60H41N/c1-3-14-46(15-4-1)59-40-49(33-38-56(59)51-28-25-42-13-7-8-16-48(42)39-51)45-31-36-54(37-32-45)61(52-18-5-2-6-19-52)53-34-29-44(30-35-53)43-23-26-47(27-24-43)60-41-50-17-9-10-20-55(50)57-21-11-12-22-58(57)60/h1-41H. The van der Waals surface area contributed by atoms with Crippen LogP contribution in [0.4, 0.5) is 17.1 Å². The molecule has 0 atom stereocenters. The fraction of sp³-hybridized carbons (Fsp3) is 0. The van der Waals surface area contributed by atoms with E-state index in [1.807, 2.05) is 0 Å². The zero-order valence-electron chi connectivity index (χ0n) is 33.6. The molecule has 0 aliphatic rings. The van der Waals surface area contributed by atoms with Crippen molar-refractivity contribution in [3.05, 3.63) is 249 Å². The Bertz CT molecular complexity index is 3310. The number of rotatable bonds is 8. The maximum atomic E-state index is 2.35. The molecule has 1 heteroatoms. The summed E-state index contributed by atoms with van der Waals surface area (Å²) in [5.41, 5.74) is 15.4. The highest BCUT2D eigenvalue weighted by molar-refractivity contribution is 6.13. The number of para-hydroxylation sites is 1. The molecule has 0 aliphatic carbocycles. The Morgan fingerprint density at radius 1 is 0.197 bits per heavy atom. The molecule has 286 valence electrons. The third-order valence-corrected chi connectivity index (χ3v) is 12.1. The van der Waals surface area contributed by atoms with Gasteiger partial charge in [-0.15, -0.1) is 0 Å². The first-order chi connectivity index (χ1) is 30.2. The third kappa shape index (κ3) is 6.93. The summed E-state index contributed by atoms with van der Waals surface area (Å²) in [6, 6.07) is 90.3. The maximum absolute atomic E-state index is 2.35. The van der Waals surface area contributed by atoms with Crippen molar-refractivity contribution in [3.63, 3.8) is 0 Å². The van der Waals surface area contributed by atoms with Gasteiger partial charge in [-0.25, -0.2) is 0 Å². The maximum Gasteiger partial charge on any atom is 0.0462 e. The third-order valence-electron chi connectivity index (χ3n) is 12.1. The van der Waals surface area contributed by atoms with Gasteiger partial charge in [0.05, 0.1) is 0 Å². The van der Waals surface area contributed by atoms with Gasteiger partial charge in [0.2, 0.25) is 0 Å². The van der Waals surface area contributed by atoms with Gasteiger partial charge < -0.3 is 4.90 Å². The molecule has 0 amide bonds. The molecule has 0 fully saturated rings. The lowest BCUT2D eigenvalue weighted by Gasteiger charge is -2.26. The zero-order valence-corrected chi connectivity index (χ0v) is 33.6. The Hall–Kier alpha value is -8.00. The predicted molar refractivity (Wildman–Crippen MR) is 261 cm³/mol.